The summed E-state index contributed by atoms with van der Waals surface area (Å²) in [6, 6.07) is 0.178. The molecule has 42 heavy (non-hydrogen) atoms. The van der Waals surface area contributed by atoms with Crippen molar-refractivity contribution >= 4 is 35.3 Å². The average Bonchev–Trinajstić information content (AvgIpc) is 3.39. The number of anilines is 2. The third kappa shape index (κ3) is 11.2. The molecule has 0 aromatic carbocycles. The number of rotatable bonds is 8. The number of nitrogens with zero attached hydrogens (tertiary/aromatic N) is 7. The zero-order valence-electron chi connectivity index (χ0n) is 26.4. The first kappa shape index (κ1) is 37.3. The first-order chi connectivity index (χ1) is 20.2. The van der Waals surface area contributed by atoms with Crippen LogP contribution in [0.1, 0.15) is 74.1 Å². The Morgan fingerprint density at radius 3 is 2.40 bits per heavy atom. The largest absolute Gasteiger partial charge is 0.395 e. The van der Waals surface area contributed by atoms with E-state index >= 15 is 0 Å². The third-order valence-electron chi connectivity index (χ3n) is 6.61. The Balaban J connectivity index is 0.00000211. The van der Waals surface area contributed by atoms with Crippen LogP contribution >= 0.6 is 11.6 Å². The Bertz CT molecular complexity index is 1070. The van der Waals surface area contributed by atoms with Crippen molar-refractivity contribution < 1.29 is 13.2 Å². The molecule has 0 aliphatic carbocycles. The van der Waals surface area contributed by atoms with Crippen LogP contribution in [0, 0.1) is 5.92 Å². The Morgan fingerprint density at radius 2 is 1.81 bits per heavy atom. The molecule has 2 aliphatic rings. The number of hydrogen-bond donors (Lipinski definition) is 0. The van der Waals surface area contributed by atoms with Gasteiger partial charge >= 0.3 is 6.18 Å². The molecule has 0 N–H and O–H groups in total. The molecule has 3 rings (SSSR count). The van der Waals surface area contributed by atoms with E-state index in [1.165, 1.54) is 23.9 Å². The van der Waals surface area contributed by atoms with E-state index in [1.54, 1.807) is 6.08 Å². The van der Waals surface area contributed by atoms with Gasteiger partial charge in [-0.15, -0.1) is 0 Å². The molecule has 1 saturated heterocycles. The van der Waals surface area contributed by atoms with Gasteiger partial charge in [0, 0.05) is 56.1 Å². The molecular formula is C31H49ClF3N7. The average molecular weight is 612 g/mol. The first-order valence-electron chi connectivity index (χ1n) is 15.1. The van der Waals surface area contributed by atoms with E-state index in [0.717, 1.165) is 18.5 Å². The SMILES string of the molecule is CC.CC.C\C=C/C=C(\C=C\Cl)c1nc(N2CCCN(C3CC(C(F)(F)F)C=CC=N3)CC2)nc(N(CC)C(C)C)n1. The van der Waals surface area contributed by atoms with Crippen LogP contribution in [-0.4, -0.2) is 77.2 Å². The molecule has 1 fully saturated rings. The molecule has 11 heteroatoms. The maximum absolute atomic E-state index is 13.5. The van der Waals surface area contributed by atoms with Crippen LogP contribution in [-0.2, 0) is 0 Å². The monoisotopic (exact) mass is 611 g/mol. The fourth-order valence-corrected chi connectivity index (χ4v) is 4.72. The van der Waals surface area contributed by atoms with Gasteiger partial charge in [0.05, 0.1) is 5.92 Å². The second-order valence-electron chi connectivity index (χ2n) is 9.50. The summed E-state index contributed by atoms with van der Waals surface area (Å²) in [5.74, 6) is 0.119. The van der Waals surface area contributed by atoms with Crippen LogP contribution in [0.4, 0.5) is 25.1 Å². The summed E-state index contributed by atoms with van der Waals surface area (Å²) < 4.78 is 40.4. The van der Waals surface area contributed by atoms with Crippen molar-refractivity contribution in [2.24, 2.45) is 10.9 Å². The van der Waals surface area contributed by atoms with E-state index in [2.05, 4.69) is 35.6 Å². The quantitative estimate of drug-likeness (QED) is 0.278. The van der Waals surface area contributed by atoms with Crippen molar-refractivity contribution in [2.45, 2.75) is 86.6 Å². The van der Waals surface area contributed by atoms with Gasteiger partial charge in [-0.25, -0.2) is 0 Å². The lowest BCUT2D eigenvalue weighted by molar-refractivity contribution is -0.165. The number of aromatic nitrogens is 3. The molecule has 3 heterocycles. The van der Waals surface area contributed by atoms with Crippen molar-refractivity contribution in [3.05, 3.63) is 47.8 Å². The summed E-state index contributed by atoms with van der Waals surface area (Å²) in [6.07, 6.45) is 7.39. The molecular weight excluding hydrogens is 563 g/mol. The lowest BCUT2D eigenvalue weighted by Crippen LogP contribution is -2.40. The van der Waals surface area contributed by atoms with Gasteiger partial charge in [-0.3, -0.25) is 9.89 Å². The van der Waals surface area contributed by atoms with Gasteiger partial charge in [-0.2, -0.15) is 28.1 Å². The number of aliphatic imine (C=N–C) groups is 1. The maximum Gasteiger partial charge on any atom is 0.395 e. The fourth-order valence-electron chi connectivity index (χ4n) is 4.58. The van der Waals surface area contributed by atoms with Gasteiger partial charge in [0.1, 0.15) is 6.17 Å². The summed E-state index contributed by atoms with van der Waals surface area (Å²) in [4.78, 5) is 25.0. The summed E-state index contributed by atoms with van der Waals surface area (Å²) >= 11 is 5.93. The zero-order valence-corrected chi connectivity index (χ0v) is 27.2. The molecule has 1 aromatic heterocycles. The predicted octanol–water partition coefficient (Wildman–Crippen LogP) is 7.92. The molecule has 0 spiro atoms. The highest BCUT2D eigenvalue weighted by molar-refractivity contribution is 6.26. The minimum atomic E-state index is -4.28. The van der Waals surface area contributed by atoms with Crippen LogP contribution < -0.4 is 9.80 Å². The molecule has 1 aromatic rings. The predicted molar refractivity (Wildman–Crippen MR) is 172 cm³/mol. The molecule has 2 aliphatic heterocycles. The van der Waals surface area contributed by atoms with Crippen molar-refractivity contribution in [3.63, 3.8) is 0 Å². The molecule has 2 unspecified atom stereocenters. The number of allylic oxidation sites excluding steroid dienone is 7. The molecule has 0 radical (unpaired) electrons. The fraction of sp³-hybridized carbons (Fsp3) is 0.613. The molecule has 2 atom stereocenters. The third-order valence-corrected chi connectivity index (χ3v) is 6.74. The summed E-state index contributed by atoms with van der Waals surface area (Å²) in [5.41, 5.74) is 2.18. The van der Waals surface area contributed by atoms with Gasteiger partial charge in [0.25, 0.3) is 0 Å². The lowest BCUT2D eigenvalue weighted by atomic mass is 10.0. The van der Waals surface area contributed by atoms with Crippen LogP contribution in [0.15, 0.2) is 47.0 Å². The smallest absolute Gasteiger partial charge is 0.339 e. The molecule has 0 bridgehead atoms. The molecule has 0 saturated carbocycles. The van der Waals surface area contributed by atoms with Crippen molar-refractivity contribution in [3.8, 4) is 0 Å². The van der Waals surface area contributed by atoms with E-state index in [0.29, 0.717) is 43.9 Å². The zero-order chi connectivity index (χ0) is 31.7. The van der Waals surface area contributed by atoms with E-state index in [9.17, 15) is 13.2 Å². The van der Waals surface area contributed by atoms with Gasteiger partial charge in [-0.1, -0.05) is 63.6 Å². The Labute approximate surface area is 256 Å². The van der Waals surface area contributed by atoms with E-state index < -0.39 is 18.3 Å². The lowest BCUT2D eigenvalue weighted by Gasteiger charge is -2.30. The minimum Gasteiger partial charge on any atom is -0.339 e. The van der Waals surface area contributed by atoms with Crippen molar-refractivity contribution in [1.82, 2.24) is 19.9 Å². The topological polar surface area (TPSA) is 60.8 Å². The molecule has 7 nitrogen and oxygen atoms in total. The second kappa shape index (κ2) is 19.5. The number of alkyl halides is 3. The highest BCUT2D eigenvalue weighted by Crippen LogP contribution is 2.33. The van der Waals surface area contributed by atoms with Crippen LogP contribution in [0.25, 0.3) is 5.57 Å². The Kier molecular flexibility index (Phi) is 17.3. The van der Waals surface area contributed by atoms with Crippen LogP contribution in [0.5, 0.6) is 0 Å². The minimum absolute atomic E-state index is 0.0831. The highest BCUT2D eigenvalue weighted by atomic mass is 35.5. The van der Waals surface area contributed by atoms with Gasteiger partial charge in [0.2, 0.25) is 11.9 Å². The first-order valence-corrected chi connectivity index (χ1v) is 15.5. The van der Waals surface area contributed by atoms with E-state index in [1.807, 2.05) is 57.7 Å². The van der Waals surface area contributed by atoms with Gasteiger partial charge in [-0.05, 0) is 52.7 Å². The second-order valence-corrected chi connectivity index (χ2v) is 9.76. The standard InChI is InChI=1S/C27H37ClF3N7.2C2H6/c1-5-7-10-21(12-13-28)24-33-25(35-26(34-24)38(6-2)20(3)4)37-16-9-15-36(17-18-37)23-19-22(27(29,30)31)11-8-14-32-23;2*1-2/h5,7-8,10-14,20,22-23H,6,9,15-19H2,1-4H3;2*1-2H3/b7-5-,13-12+,21-10+;;. The summed E-state index contributed by atoms with van der Waals surface area (Å²) in [6.45, 7) is 19.3. The summed E-state index contributed by atoms with van der Waals surface area (Å²) in [5, 5.41) is 0. The highest BCUT2D eigenvalue weighted by Gasteiger charge is 2.40. The van der Waals surface area contributed by atoms with Gasteiger partial charge in [0.15, 0.2) is 5.82 Å². The number of halogens is 4. The van der Waals surface area contributed by atoms with Crippen LogP contribution in [0.3, 0.4) is 0 Å². The van der Waals surface area contributed by atoms with E-state index in [4.69, 9.17) is 26.6 Å². The van der Waals surface area contributed by atoms with E-state index in [-0.39, 0.29) is 12.5 Å². The Hall–Kier alpha value is -2.72. The molecule has 0 amide bonds. The van der Waals surface area contributed by atoms with Crippen molar-refractivity contribution in [2.75, 3.05) is 42.5 Å². The molecule has 236 valence electrons. The normalized spacial score (nSPS) is 20.2. The van der Waals surface area contributed by atoms with Crippen molar-refractivity contribution in [1.29, 1.82) is 0 Å². The van der Waals surface area contributed by atoms with Gasteiger partial charge < -0.3 is 9.80 Å². The summed E-state index contributed by atoms with van der Waals surface area (Å²) in [7, 11) is 0. The maximum atomic E-state index is 13.5. The van der Waals surface area contributed by atoms with Crippen LogP contribution in [0.2, 0.25) is 0 Å². The Morgan fingerprint density at radius 1 is 1.10 bits per heavy atom. The number of hydrogen-bond acceptors (Lipinski definition) is 7.